The van der Waals surface area contributed by atoms with Gasteiger partial charge < -0.3 is 0 Å². The molecule has 0 aliphatic rings. The molecule has 2 rings (SSSR count). The lowest BCUT2D eigenvalue weighted by atomic mass is 10.3. The molecule has 0 spiro atoms. The summed E-state index contributed by atoms with van der Waals surface area (Å²) in [4.78, 5) is -0.249. The number of hydrogen-bond acceptors (Lipinski definition) is 2. The standard InChI is InChI=1S/C12H7Br2F2NO2S/c13-9-3-1-7(5-11(9)15)17-20(18,19)8-2-4-10(14)12(16)6-8/h1-6,17H. The zero-order chi connectivity index (χ0) is 14.9. The van der Waals surface area contributed by atoms with Crippen molar-refractivity contribution in [3.63, 3.8) is 0 Å². The third kappa shape index (κ3) is 3.36. The van der Waals surface area contributed by atoms with Crippen LogP contribution in [-0.2, 0) is 10.0 Å². The number of hydrogen-bond donors (Lipinski definition) is 1. The van der Waals surface area contributed by atoms with E-state index in [9.17, 15) is 17.2 Å². The van der Waals surface area contributed by atoms with Crippen molar-refractivity contribution in [1.29, 1.82) is 0 Å². The van der Waals surface area contributed by atoms with Crippen LogP contribution in [0.5, 0.6) is 0 Å². The van der Waals surface area contributed by atoms with E-state index in [0.29, 0.717) is 0 Å². The average Bonchev–Trinajstić information content (AvgIpc) is 2.37. The van der Waals surface area contributed by atoms with Crippen molar-refractivity contribution < 1.29 is 17.2 Å². The lowest BCUT2D eigenvalue weighted by molar-refractivity contribution is 0.593. The molecule has 106 valence electrons. The Hall–Kier alpha value is -0.990. The minimum absolute atomic E-state index is 0.0500. The SMILES string of the molecule is O=S(=O)(Nc1ccc(Br)c(F)c1)c1ccc(Br)c(F)c1. The van der Waals surface area contributed by atoms with Crippen molar-refractivity contribution >= 4 is 47.6 Å². The molecule has 0 unspecified atom stereocenters. The van der Waals surface area contributed by atoms with Gasteiger partial charge in [0.2, 0.25) is 0 Å². The van der Waals surface area contributed by atoms with Crippen LogP contribution < -0.4 is 4.72 Å². The first kappa shape index (κ1) is 15.4. The second kappa shape index (κ2) is 5.79. The van der Waals surface area contributed by atoms with E-state index < -0.39 is 21.7 Å². The Bertz CT molecular complexity index is 766. The van der Waals surface area contributed by atoms with E-state index in [-0.39, 0.29) is 19.5 Å². The van der Waals surface area contributed by atoms with Gasteiger partial charge >= 0.3 is 0 Å². The van der Waals surface area contributed by atoms with Gasteiger partial charge in [-0.15, -0.1) is 0 Å². The van der Waals surface area contributed by atoms with Gasteiger partial charge in [-0.3, -0.25) is 4.72 Å². The summed E-state index contributed by atoms with van der Waals surface area (Å²) in [6.45, 7) is 0. The van der Waals surface area contributed by atoms with Crippen molar-refractivity contribution in [1.82, 2.24) is 0 Å². The number of sulfonamides is 1. The molecule has 0 saturated heterocycles. The van der Waals surface area contributed by atoms with Crippen LogP contribution in [0, 0.1) is 11.6 Å². The molecule has 8 heteroatoms. The summed E-state index contributed by atoms with van der Waals surface area (Å²) in [6, 6.07) is 7.19. The van der Waals surface area contributed by atoms with Crippen LogP contribution in [0.15, 0.2) is 50.2 Å². The van der Waals surface area contributed by atoms with E-state index in [1.165, 1.54) is 24.3 Å². The van der Waals surface area contributed by atoms with Crippen LogP contribution in [0.3, 0.4) is 0 Å². The highest BCUT2D eigenvalue weighted by molar-refractivity contribution is 9.10. The zero-order valence-electron chi connectivity index (χ0n) is 9.70. The Morgan fingerprint density at radius 1 is 0.900 bits per heavy atom. The molecule has 2 aromatic carbocycles. The number of anilines is 1. The molecule has 3 nitrogen and oxygen atoms in total. The van der Waals surface area contributed by atoms with E-state index in [2.05, 4.69) is 36.6 Å². The predicted molar refractivity (Wildman–Crippen MR) is 79.0 cm³/mol. The van der Waals surface area contributed by atoms with E-state index >= 15 is 0 Å². The highest BCUT2D eigenvalue weighted by Crippen LogP contribution is 2.24. The minimum atomic E-state index is -3.98. The molecule has 20 heavy (non-hydrogen) atoms. The van der Waals surface area contributed by atoms with Gasteiger partial charge in [-0.05, 0) is 68.3 Å². The fraction of sp³-hybridized carbons (Fsp3) is 0. The van der Waals surface area contributed by atoms with Crippen molar-refractivity contribution in [3.8, 4) is 0 Å². The molecule has 0 saturated carbocycles. The van der Waals surface area contributed by atoms with Crippen molar-refractivity contribution in [2.75, 3.05) is 4.72 Å². The first-order valence-electron chi connectivity index (χ1n) is 5.22. The first-order chi connectivity index (χ1) is 9.29. The Morgan fingerprint density at radius 2 is 1.45 bits per heavy atom. The zero-order valence-corrected chi connectivity index (χ0v) is 13.7. The second-order valence-corrected chi connectivity index (χ2v) is 7.20. The molecule has 0 bridgehead atoms. The number of nitrogens with one attached hydrogen (secondary N) is 1. The third-order valence-electron chi connectivity index (χ3n) is 2.37. The van der Waals surface area contributed by atoms with Crippen LogP contribution >= 0.6 is 31.9 Å². The molecule has 1 N–H and O–H groups in total. The van der Waals surface area contributed by atoms with Crippen molar-refractivity contribution in [2.45, 2.75) is 4.90 Å². The maximum absolute atomic E-state index is 13.4. The van der Waals surface area contributed by atoms with Crippen LogP contribution in [0.25, 0.3) is 0 Å². The minimum Gasteiger partial charge on any atom is -0.280 e. The lowest BCUT2D eigenvalue weighted by Gasteiger charge is -2.09. The van der Waals surface area contributed by atoms with Gasteiger partial charge in [0.25, 0.3) is 10.0 Å². The van der Waals surface area contributed by atoms with Crippen LogP contribution in [0.1, 0.15) is 0 Å². The molecule has 0 heterocycles. The van der Waals surface area contributed by atoms with E-state index in [1.54, 1.807) is 0 Å². The molecule has 0 radical (unpaired) electrons. The summed E-state index contributed by atoms with van der Waals surface area (Å²) in [5.74, 6) is -1.30. The maximum Gasteiger partial charge on any atom is 0.261 e. The normalized spacial score (nSPS) is 11.4. The average molecular weight is 427 g/mol. The molecule has 2 aromatic rings. The number of benzene rings is 2. The van der Waals surface area contributed by atoms with Gasteiger partial charge in [0, 0.05) is 0 Å². The molecule has 0 aliphatic carbocycles. The second-order valence-electron chi connectivity index (χ2n) is 3.81. The van der Waals surface area contributed by atoms with Gasteiger partial charge in [-0.25, -0.2) is 17.2 Å². The molecule has 0 aliphatic heterocycles. The molecular formula is C12H7Br2F2NO2S. The smallest absolute Gasteiger partial charge is 0.261 e. The van der Waals surface area contributed by atoms with Crippen molar-refractivity contribution in [2.24, 2.45) is 0 Å². The Labute approximate surface area is 131 Å². The van der Waals surface area contributed by atoms with Gasteiger partial charge in [-0.2, -0.15) is 0 Å². The summed E-state index contributed by atoms with van der Waals surface area (Å²) in [5.41, 5.74) is 0.0500. The molecule has 0 amide bonds. The van der Waals surface area contributed by atoms with Crippen molar-refractivity contribution in [3.05, 3.63) is 57.0 Å². The number of halogens is 4. The summed E-state index contributed by atoms with van der Waals surface area (Å²) < 4.78 is 53.3. The Kier molecular flexibility index (Phi) is 4.46. The van der Waals surface area contributed by atoms with Crippen LogP contribution in [0.4, 0.5) is 14.5 Å². The van der Waals surface area contributed by atoms with Crippen LogP contribution in [-0.4, -0.2) is 8.42 Å². The largest absolute Gasteiger partial charge is 0.280 e. The summed E-state index contributed by atoms with van der Waals surface area (Å²) in [6.07, 6.45) is 0. The quantitative estimate of drug-likeness (QED) is 0.795. The van der Waals surface area contributed by atoms with Gasteiger partial charge in [0.05, 0.1) is 19.5 Å². The van der Waals surface area contributed by atoms with Gasteiger partial charge in [0.1, 0.15) is 11.6 Å². The topological polar surface area (TPSA) is 46.2 Å². The monoisotopic (exact) mass is 425 g/mol. The Balaban J connectivity index is 2.35. The predicted octanol–water partition coefficient (Wildman–Crippen LogP) is 4.29. The molecule has 0 atom stereocenters. The van der Waals surface area contributed by atoms with E-state index in [0.717, 1.165) is 12.1 Å². The molecular weight excluding hydrogens is 420 g/mol. The van der Waals surface area contributed by atoms with E-state index in [4.69, 9.17) is 0 Å². The maximum atomic E-state index is 13.4. The van der Waals surface area contributed by atoms with Gasteiger partial charge in [-0.1, -0.05) is 0 Å². The fourth-order valence-corrected chi connectivity index (χ4v) is 2.97. The highest BCUT2D eigenvalue weighted by Gasteiger charge is 2.16. The molecule has 0 fully saturated rings. The first-order valence-corrected chi connectivity index (χ1v) is 8.29. The lowest BCUT2D eigenvalue weighted by Crippen LogP contribution is -2.13. The third-order valence-corrected chi connectivity index (χ3v) is 5.04. The van der Waals surface area contributed by atoms with Crippen LogP contribution in [0.2, 0.25) is 0 Å². The summed E-state index contributed by atoms with van der Waals surface area (Å²) in [7, 11) is -3.98. The van der Waals surface area contributed by atoms with E-state index in [1.807, 2.05) is 0 Å². The summed E-state index contributed by atoms with van der Waals surface area (Å²) >= 11 is 5.90. The van der Waals surface area contributed by atoms with Gasteiger partial charge in [0.15, 0.2) is 0 Å². The summed E-state index contributed by atoms with van der Waals surface area (Å²) in [5, 5.41) is 0. The number of rotatable bonds is 3. The molecule has 0 aromatic heterocycles. The fourth-order valence-electron chi connectivity index (χ4n) is 1.42. The Morgan fingerprint density at radius 3 is 2.00 bits per heavy atom. The highest BCUT2D eigenvalue weighted by atomic mass is 79.9.